The fourth-order valence-electron chi connectivity index (χ4n) is 1.18. The molecule has 1 rings (SSSR count). The highest BCUT2D eigenvalue weighted by Gasteiger charge is 2.13. The van der Waals surface area contributed by atoms with Crippen LogP contribution in [0.15, 0.2) is 24.3 Å². The van der Waals surface area contributed by atoms with Crippen molar-refractivity contribution < 1.29 is 9.18 Å². The fourth-order valence-corrected chi connectivity index (χ4v) is 1.18. The van der Waals surface area contributed by atoms with Gasteiger partial charge in [-0.25, -0.2) is 4.39 Å². The van der Waals surface area contributed by atoms with Gasteiger partial charge in [-0.1, -0.05) is 19.1 Å². The molecule has 0 radical (unpaired) electrons. The van der Waals surface area contributed by atoms with Crippen LogP contribution >= 0.6 is 0 Å². The van der Waals surface area contributed by atoms with Crippen LogP contribution in [0.2, 0.25) is 0 Å². The Bertz CT molecular complexity index is 325. The number of ketones is 1. The van der Waals surface area contributed by atoms with Crippen molar-refractivity contribution in [2.75, 3.05) is 0 Å². The van der Waals surface area contributed by atoms with E-state index in [1.54, 1.807) is 12.1 Å². The Labute approximate surface area is 82.9 Å². The third-order valence-electron chi connectivity index (χ3n) is 2.15. The van der Waals surface area contributed by atoms with Crippen LogP contribution in [0.3, 0.4) is 0 Å². The van der Waals surface area contributed by atoms with Gasteiger partial charge in [-0.2, -0.15) is 0 Å². The molecule has 0 spiro atoms. The topological polar surface area (TPSA) is 43.1 Å². The predicted molar refractivity (Wildman–Crippen MR) is 53.6 cm³/mol. The first-order valence-electron chi connectivity index (χ1n) is 4.68. The van der Waals surface area contributed by atoms with Crippen LogP contribution in [0.5, 0.6) is 0 Å². The third-order valence-corrected chi connectivity index (χ3v) is 2.15. The Hall–Kier alpha value is -1.22. The molecule has 14 heavy (non-hydrogen) atoms. The molecule has 0 fully saturated rings. The maximum Gasteiger partial charge on any atom is 0.167 e. The highest BCUT2D eigenvalue weighted by atomic mass is 19.1. The lowest BCUT2D eigenvalue weighted by atomic mass is 10.0. The summed E-state index contributed by atoms with van der Waals surface area (Å²) in [5, 5.41) is 0. The summed E-state index contributed by atoms with van der Waals surface area (Å²) in [6.07, 6.45) is 0.928. The zero-order valence-corrected chi connectivity index (χ0v) is 8.16. The first-order valence-corrected chi connectivity index (χ1v) is 4.68. The average Bonchev–Trinajstić information content (AvgIpc) is 2.18. The number of carbonyl (C=O) groups is 1. The SMILES string of the molecule is CCC(N)CC(=O)c1ccccc1F. The van der Waals surface area contributed by atoms with Crippen LogP contribution in [-0.2, 0) is 0 Å². The van der Waals surface area contributed by atoms with Gasteiger partial charge in [-0.3, -0.25) is 4.79 Å². The van der Waals surface area contributed by atoms with E-state index in [0.717, 1.165) is 6.42 Å². The summed E-state index contributed by atoms with van der Waals surface area (Å²) in [6, 6.07) is 5.80. The lowest BCUT2D eigenvalue weighted by Gasteiger charge is -2.07. The van der Waals surface area contributed by atoms with E-state index in [-0.39, 0.29) is 23.8 Å². The van der Waals surface area contributed by atoms with Crippen LogP contribution in [0.1, 0.15) is 30.1 Å². The molecule has 0 bridgehead atoms. The largest absolute Gasteiger partial charge is 0.327 e. The minimum Gasteiger partial charge on any atom is -0.327 e. The highest BCUT2D eigenvalue weighted by Crippen LogP contribution is 2.10. The summed E-state index contributed by atoms with van der Waals surface area (Å²) in [5.41, 5.74) is 5.75. The average molecular weight is 195 g/mol. The van der Waals surface area contributed by atoms with Crippen molar-refractivity contribution in [3.8, 4) is 0 Å². The van der Waals surface area contributed by atoms with Crippen molar-refractivity contribution in [3.63, 3.8) is 0 Å². The number of halogens is 1. The minimum atomic E-state index is -0.471. The molecule has 0 aliphatic carbocycles. The molecule has 76 valence electrons. The lowest BCUT2D eigenvalue weighted by Crippen LogP contribution is -2.23. The van der Waals surface area contributed by atoms with Crippen molar-refractivity contribution in [2.24, 2.45) is 5.73 Å². The van der Waals surface area contributed by atoms with E-state index < -0.39 is 5.82 Å². The molecule has 2 N–H and O–H groups in total. The second kappa shape index (κ2) is 4.86. The molecule has 2 nitrogen and oxygen atoms in total. The Kier molecular flexibility index (Phi) is 3.77. The van der Waals surface area contributed by atoms with E-state index in [9.17, 15) is 9.18 Å². The summed E-state index contributed by atoms with van der Waals surface area (Å²) >= 11 is 0. The Balaban J connectivity index is 2.75. The molecule has 3 heteroatoms. The van der Waals surface area contributed by atoms with Crippen LogP contribution in [-0.4, -0.2) is 11.8 Å². The van der Waals surface area contributed by atoms with Gasteiger partial charge in [-0.15, -0.1) is 0 Å². The van der Waals surface area contributed by atoms with Crippen molar-refractivity contribution in [3.05, 3.63) is 35.6 Å². The normalized spacial score (nSPS) is 12.5. The van der Waals surface area contributed by atoms with Gasteiger partial charge in [0.1, 0.15) is 5.82 Å². The third kappa shape index (κ3) is 2.64. The predicted octanol–water partition coefficient (Wildman–Crippen LogP) is 2.14. The van der Waals surface area contributed by atoms with E-state index in [1.165, 1.54) is 12.1 Å². The molecular formula is C11H14FNO. The van der Waals surface area contributed by atoms with E-state index in [2.05, 4.69) is 0 Å². The maximum absolute atomic E-state index is 13.1. The quantitative estimate of drug-likeness (QED) is 0.748. The molecule has 0 aromatic heterocycles. The number of Topliss-reactive ketones (excluding diaryl/α,β-unsaturated/α-hetero) is 1. The number of hydrogen-bond donors (Lipinski definition) is 1. The molecule has 0 heterocycles. The second-order valence-electron chi connectivity index (χ2n) is 3.28. The molecule has 0 amide bonds. The van der Waals surface area contributed by atoms with Crippen LogP contribution in [0, 0.1) is 5.82 Å². The van der Waals surface area contributed by atoms with Crippen LogP contribution in [0.25, 0.3) is 0 Å². The van der Waals surface area contributed by atoms with E-state index in [0.29, 0.717) is 0 Å². The van der Waals surface area contributed by atoms with Crippen molar-refractivity contribution >= 4 is 5.78 Å². The number of rotatable bonds is 4. The van der Waals surface area contributed by atoms with E-state index in [1.807, 2.05) is 6.92 Å². The standard InChI is InChI=1S/C11H14FNO/c1-2-8(13)7-11(14)9-5-3-4-6-10(9)12/h3-6,8H,2,7,13H2,1H3. The molecule has 1 aromatic rings. The van der Waals surface area contributed by atoms with Crippen LogP contribution in [0.4, 0.5) is 4.39 Å². The van der Waals surface area contributed by atoms with Gasteiger partial charge in [0.05, 0.1) is 5.56 Å². The number of benzene rings is 1. The zero-order chi connectivity index (χ0) is 10.6. The minimum absolute atomic E-state index is 0.136. The monoisotopic (exact) mass is 195 g/mol. The molecule has 1 aromatic carbocycles. The van der Waals surface area contributed by atoms with E-state index >= 15 is 0 Å². The maximum atomic E-state index is 13.1. The summed E-state index contributed by atoms with van der Waals surface area (Å²) in [6.45, 7) is 1.90. The van der Waals surface area contributed by atoms with Gasteiger partial charge >= 0.3 is 0 Å². The molecule has 0 saturated carbocycles. The number of nitrogens with two attached hydrogens (primary N) is 1. The number of hydrogen-bond acceptors (Lipinski definition) is 2. The molecule has 0 aliphatic rings. The van der Waals surface area contributed by atoms with Gasteiger partial charge in [0.25, 0.3) is 0 Å². The summed E-state index contributed by atoms with van der Waals surface area (Å²) in [4.78, 5) is 11.5. The highest BCUT2D eigenvalue weighted by molar-refractivity contribution is 5.96. The van der Waals surface area contributed by atoms with Crippen LogP contribution < -0.4 is 5.73 Å². The zero-order valence-electron chi connectivity index (χ0n) is 8.16. The summed E-state index contributed by atoms with van der Waals surface area (Å²) < 4.78 is 13.1. The first kappa shape index (κ1) is 10.9. The van der Waals surface area contributed by atoms with E-state index in [4.69, 9.17) is 5.73 Å². The molecule has 1 unspecified atom stereocenters. The second-order valence-corrected chi connectivity index (χ2v) is 3.28. The first-order chi connectivity index (χ1) is 6.65. The van der Waals surface area contributed by atoms with Gasteiger partial charge in [0.15, 0.2) is 5.78 Å². The molecule has 0 aliphatic heterocycles. The summed E-state index contributed by atoms with van der Waals surface area (Å²) in [7, 11) is 0. The lowest BCUT2D eigenvalue weighted by molar-refractivity contribution is 0.0970. The van der Waals surface area contributed by atoms with Gasteiger partial charge < -0.3 is 5.73 Å². The Morgan fingerprint density at radius 2 is 2.14 bits per heavy atom. The smallest absolute Gasteiger partial charge is 0.167 e. The number of carbonyl (C=O) groups excluding carboxylic acids is 1. The van der Waals surface area contributed by atoms with Gasteiger partial charge in [0, 0.05) is 12.5 Å². The molecular weight excluding hydrogens is 181 g/mol. The van der Waals surface area contributed by atoms with Gasteiger partial charge in [0.2, 0.25) is 0 Å². The van der Waals surface area contributed by atoms with Crippen molar-refractivity contribution in [1.82, 2.24) is 0 Å². The molecule has 1 atom stereocenters. The Morgan fingerprint density at radius 3 is 2.71 bits per heavy atom. The van der Waals surface area contributed by atoms with Crippen molar-refractivity contribution in [1.29, 1.82) is 0 Å². The summed E-state index contributed by atoms with van der Waals surface area (Å²) in [5.74, 6) is -0.696. The van der Waals surface area contributed by atoms with Gasteiger partial charge in [-0.05, 0) is 18.6 Å². The Morgan fingerprint density at radius 1 is 1.50 bits per heavy atom. The molecule has 0 saturated heterocycles. The fraction of sp³-hybridized carbons (Fsp3) is 0.364. The van der Waals surface area contributed by atoms with Crippen molar-refractivity contribution in [2.45, 2.75) is 25.8 Å².